The standard InChI is InChI=1S/C20H29ClN6O/c1-3-11-27-12-8-17(9-13-27)24-20(22-2)23-10-7-18-25-19(26-28-18)15-5-4-6-16(21)14-15/h4-6,14,17H,3,7-13H2,1-2H3,(H2,22,23,24). The quantitative estimate of drug-likeness (QED) is 0.545. The van der Waals surface area contributed by atoms with Crippen molar-refractivity contribution in [2.24, 2.45) is 4.99 Å². The Labute approximate surface area is 171 Å². The minimum absolute atomic E-state index is 0.470. The largest absolute Gasteiger partial charge is 0.356 e. The molecule has 2 aromatic rings. The van der Waals surface area contributed by atoms with Gasteiger partial charge in [-0.25, -0.2) is 0 Å². The molecule has 0 bridgehead atoms. The molecule has 1 saturated heterocycles. The Morgan fingerprint density at radius 3 is 2.89 bits per heavy atom. The van der Waals surface area contributed by atoms with Crippen LogP contribution in [0.1, 0.15) is 32.1 Å². The van der Waals surface area contributed by atoms with Gasteiger partial charge < -0.3 is 20.1 Å². The van der Waals surface area contributed by atoms with Gasteiger partial charge in [0.1, 0.15) is 0 Å². The van der Waals surface area contributed by atoms with E-state index in [1.807, 2.05) is 24.3 Å². The van der Waals surface area contributed by atoms with Crippen LogP contribution in [0, 0.1) is 0 Å². The van der Waals surface area contributed by atoms with Crippen molar-refractivity contribution >= 4 is 17.6 Å². The number of hydrogen-bond acceptors (Lipinski definition) is 5. The van der Waals surface area contributed by atoms with Crippen LogP contribution in [0.3, 0.4) is 0 Å². The monoisotopic (exact) mass is 404 g/mol. The van der Waals surface area contributed by atoms with E-state index in [-0.39, 0.29) is 0 Å². The normalized spacial score (nSPS) is 16.3. The Hall–Kier alpha value is -2.12. The van der Waals surface area contributed by atoms with Crippen molar-refractivity contribution in [3.05, 3.63) is 35.2 Å². The first-order valence-corrected chi connectivity index (χ1v) is 10.3. The second-order valence-corrected chi connectivity index (χ2v) is 7.47. The average molecular weight is 405 g/mol. The lowest BCUT2D eigenvalue weighted by Gasteiger charge is -2.32. The maximum Gasteiger partial charge on any atom is 0.228 e. The third-order valence-electron chi connectivity index (χ3n) is 4.87. The molecule has 0 unspecified atom stereocenters. The molecule has 1 aromatic carbocycles. The maximum atomic E-state index is 6.02. The van der Waals surface area contributed by atoms with E-state index in [0.717, 1.165) is 37.5 Å². The second kappa shape index (κ2) is 10.4. The summed E-state index contributed by atoms with van der Waals surface area (Å²) >= 11 is 6.02. The molecule has 1 fully saturated rings. The molecule has 0 atom stereocenters. The summed E-state index contributed by atoms with van der Waals surface area (Å²) in [5.41, 5.74) is 0.849. The number of benzene rings is 1. The van der Waals surface area contributed by atoms with Crippen molar-refractivity contribution in [3.8, 4) is 11.4 Å². The van der Waals surface area contributed by atoms with Crippen molar-refractivity contribution in [1.82, 2.24) is 25.7 Å². The van der Waals surface area contributed by atoms with Gasteiger partial charge in [0.25, 0.3) is 0 Å². The number of guanidine groups is 1. The number of piperidine rings is 1. The van der Waals surface area contributed by atoms with Crippen LogP contribution >= 0.6 is 11.6 Å². The summed E-state index contributed by atoms with van der Waals surface area (Å²) in [6, 6.07) is 7.90. The fraction of sp³-hybridized carbons (Fsp3) is 0.550. The lowest BCUT2D eigenvalue weighted by molar-refractivity contribution is 0.206. The molecular weight excluding hydrogens is 376 g/mol. The highest BCUT2D eigenvalue weighted by atomic mass is 35.5. The van der Waals surface area contributed by atoms with E-state index in [2.05, 4.69) is 37.6 Å². The van der Waals surface area contributed by atoms with E-state index in [1.165, 1.54) is 13.0 Å². The predicted molar refractivity (Wildman–Crippen MR) is 113 cm³/mol. The van der Waals surface area contributed by atoms with Crippen molar-refractivity contribution in [2.75, 3.05) is 33.2 Å². The molecule has 0 spiro atoms. The van der Waals surface area contributed by atoms with E-state index in [9.17, 15) is 0 Å². The first kappa shape index (κ1) is 20.6. The number of rotatable bonds is 7. The summed E-state index contributed by atoms with van der Waals surface area (Å²) in [4.78, 5) is 11.3. The third-order valence-corrected chi connectivity index (χ3v) is 5.11. The lowest BCUT2D eigenvalue weighted by Crippen LogP contribution is -2.49. The molecule has 2 heterocycles. The van der Waals surface area contributed by atoms with E-state index in [1.54, 1.807) is 7.05 Å². The van der Waals surface area contributed by atoms with Crippen LogP contribution < -0.4 is 10.6 Å². The minimum atomic E-state index is 0.470. The predicted octanol–water partition coefficient (Wildman–Crippen LogP) is 2.97. The summed E-state index contributed by atoms with van der Waals surface area (Å²) in [6.45, 7) is 6.40. The molecule has 1 aliphatic rings. The Kier molecular flexibility index (Phi) is 7.68. The van der Waals surface area contributed by atoms with Crippen molar-refractivity contribution in [1.29, 1.82) is 0 Å². The number of aliphatic imine (C=N–C) groups is 1. The van der Waals surface area contributed by atoms with Crippen LogP contribution in [-0.4, -0.2) is 60.3 Å². The highest BCUT2D eigenvalue weighted by Gasteiger charge is 2.19. The SMILES string of the molecule is CCCN1CCC(NC(=NC)NCCc2nc(-c3cccc(Cl)c3)no2)CC1. The zero-order valence-corrected chi connectivity index (χ0v) is 17.4. The number of nitrogens with one attached hydrogen (secondary N) is 2. The highest BCUT2D eigenvalue weighted by Crippen LogP contribution is 2.19. The van der Waals surface area contributed by atoms with Gasteiger partial charge in [-0.3, -0.25) is 4.99 Å². The summed E-state index contributed by atoms with van der Waals surface area (Å²) in [5.74, 6) is 1.97. The minimum Gasteiger partial charge on any atom is -0.356 e. The molecule has 1 aliphatic heterocycles. The van der Waals surface area contributed by atoms with Crippen molar-refractivity contribution in [2.45, 2.75) is 38.6 Å². The van der Waals surface area contributed by atoms with Crippen molar-refractivity contribution in [3.63, 3.8) is 0 Å². The molecule has 152 valence electrons. The van der Waals surface area contributed by atoms with Gasteiger partial charge in [-0.15, -0.1) is 0 Å². The molecule has 0 aliphatic carbocycles. The number of nitrogens with zero attached hydrogens (tertiary/aromatic N) is 4. The first-order valence-electron chi connectivity index (χ1n) is 9.96. The van der Waals surface area contributed by atoms with Crippen LogP contribution in [0.2, 0.25) is 5.02 Å². The van der Waals surface area contributed by atoms with Gasteiger partial charge >= 0.3 is 0 Å². The van der Waals surface area contributed by atoms with Gasteiger partial charge in [0, 0.05) is 49.7 Å². The lowest BCUT2D eigenvalue weighted by atomic mass is 10.1. The number of hydrogen-bond donors (Lipinski definition) is 2. The molecular formula is C20H29ClN6O. The number of aromatic nitrogens is 2. The van der Waals surface area contributed by atoms with Gasteiger partial charge in [-0.2, -0.15) is 4.98 Å². The van der Waals surface area contributed by atoms with Crippen LogP contribution in [0.5, 0.6) is 0 Å². The van der Waals surface area contributed by atoms with Crippen LogP contribution in [-0.2, 0) is 6.42 Å². The Balaban J connectivity index is 1.43. The molecule has 0 saturated carbocycles. The summed E-state index contributed by atoms with van der Waals surface area (Å²) in [6.07, 6.45) is 4.14. The van der Waals surface area contributed by atoms with Gasteiger partial charge in [-0.1, -0.05) is 35.8 Å². The fourth-order valence-corrected chi connectivity index (χ4v) is 3.58. The van der Waals surface area contributed by atoms with E-state index in [0.29, 0.717) is 35.7 Å². The molecule has 1 aromatic heterocycles. The molecule has 7 nitrogen and oxygen atoms in total. The van der Waals surface area contributed by atoms with Gasteiger partial charge in [0.15, 0.2) is 5.96 Å². The Morgan fingerprint density at radius 1 is 1.36 bits per heavy atom. The molecule has 2 N–H and O–H groups in total. The number of likely N-dealkylation sites (tertiary alicyclic amines) is 1. The second-order valence-electron chi connectivity index (χ2n) is 7.03. The molecule has 3 rings (SSSR count). The van der Waals surface area contributed by atoms with Crippen LogP contribution in [0.25, 0.3) is 11.4 Å². The van der Waals surface area contributed by atoms with E-state index >= 15 is 0 Å². The van der Waals surface area contributed by atoms with E-state index < -0.39 is 0 Å². The van der Waals surface area contributed by atoms with Crippen LogP contribution in [0.4, 0.5) is 0 Å². The Morgan fingerprint density at radius 2 is 2.18 bits per heavy atom. The smallest absolute Gasteiger partial charge is 0.228 e. The maximum absolute atomic E-state index is 6.02. The summed E-state index contributed by atoms with van der Waals surface area (Å²) in [7, 11) is 1.80. The highest BCUT2D eigenvalue weighted by molar-refractivity contribution is 6.30. The van der Waals surface area contributed by atoms with Crippen LogP contribution in [0.15, 0.2) is 33.8 Å². The average Bonchev–Trinajstić information content (AvgIpc) is 3.18. The fourth-order valence-electron chi connectivity index (χ4n) is 3.39. The molecule has 8 heteroatoms. The molecule has 0 radical (unpaired) electrons. The van der Waals surface area contributed by atoms with Gasteiger partial charge in [-0.05, 0) is 37.9 Å². The number of halogens is 1. The zero-order chi connectivity index (χ0) is 19.8. The summed E-state index contributed by atoms with van der Waals surface area (Å²) in [5, 5.41) is 11.6. The third kappa shape index (κ3) is 5.94. The van der Waals surface area contributed by atoms with Gasteiger partial charge in [0.05, 0.1) is 0 Å². The van der Waals surface area contributed by atoms with E-state index in [4.69, 9.17) is 16.1 Å². The summed E-state index contributed by atoms with van der Waals surface area (Å²) < 4.78 is 5.35. The molecule has 0 amide bonds. The Bertz CT molecular complexity index is 770. The van der Waals surface area contributed by atoms with Gasteiger partial charge in [0.2, 0.25) is 11.7 Å². The first-order chi connectivity index (χ1) is 13.7. The van der Waals surface area contributed by atoms with Crippen molar-refractivity contribution < 1.29 is 4.52 Å². The zero-order valence-electron chi connectivity index (χ0n) is 16.6. The molecule has 28 heavy (non-hydrogen) atoms. The topological polar surface area (TPSA) is 78.6 Å².